The highest BCUT2D eigenvalue weighted by Crippen LogP contribution is 2.10. The predicted octanol–water partition coefficient (Wildman–Crippen LogP) is 1.33. The smallest absolute Gasteiger partial charge is 0.220 e. The van der Waals surface area contributed by atoms with Crippen molar-refractivity contribution in [1.82, 2.24) is 10.6 Å². The number of carbonyl (C=O) groups excluding carboxylic acids is 1. The number of hydrogen-bond acceptors (Lipinski definition) is 2. The first-order valence-electron chi connectivity index (χ1n) is 5.59. The summed E-state index contributed by atoms with van der Waals surface area (Å²) in [4.78, 5) is 10.9. The second-order valence-corrected chi connectivity index (χ2v) is 4.17. The van der Waals surface area contributed by atoms with Gasteiger partial charge in [0.05, 0.1) is 0 Å². The van der Waals surface area contributed by atoms with Crippen LogP contribution >= 0.6 is 0 Å². The molecule has 1 aromatic carbocycles. The molecule has 0 spiro atoms. The Morgan fingerprint density at radius 2 is 2.24 bits per heavy atom. The fraction of sp³-hybridized carbons (Fsp3) is 0.417. The van der Waals surface area contributed by atoms with Crippen LogP contribution < -0.4 is 10.6 Å². The second kappa shape index (κ2) is 5.23. The Bertz CT molecular complexity index is 423. The molecule has 17 heavy (non-hydrogen) atoms. The van der Waals surface area contributed by atoms with Gasteiger partial charge in [-0.3, -0.25) is 4.79 Å². The summed E-state index contributed by atoms with van der Waals surface area (Å²) in [5.41, 5.74) is 0.300. The van der Waals surface area contributed by atoms with Gasteiger partial charge in [0.2, 0.25) is 5.91 Å². The Morgan fingerprint density at radius 3 is 2.94 bits per heavy atom. The van der Waals surface area contributed by atoms with E-state index >= 15 is 0 Å². The van der Waals surface area contributed by atoms with Crippen LogP contribution in [0.25, 0.3) is 0 Å². The molecule has 1 aliphatic rings. The van der Waals surface area contributed by atoms with Crippen LogP contribution in [0.4, 0.5) is 8.78 Å². The summed E-state index contributed by atoms with van der Waals surface area (Å²) in [5, 5.41) is 5.81. The van der Waals surface area contributed by atoms with Crippen LogP contribution in [0.2, 0.25) is 0 Å². The van der Waals surface area contributed by atoms with Crippen molar-refractivity contribution in [3.05, 3.63) is 35.4 Å². The molecular formula is C12H14F2N2O. The fourth-order valence-corrected chi connectivity index (χ4v) is 1.89. The van der Waals surface area contributed by atoms with Crippen molar-refractivity contribution in [2.45, 2.75) is 25.4 Å². The molecule has 2 N–H and O–H groups in total. The van der Waals surface area contributed by atoms with Gasteiger partial charge in [0, 0.05) is 31.1 Å². The first-order chi connectivity index (χ1) is 8.15. The molecule has 0 saturated carbocycles. The molecule has 1 aliphatic heterocycles. The van der Waals surface area contributed by atoms with Crippen LogP contribution in [0.3, 0.4) is 0 Å². The van der Waals surface area contributed by atoms with Crippen LogP contribution in [0.5, 0.6) is 0 Å². The topological polar surface area (TPSA) is 41.1 Å². The molecule has 1 saturated heterocycles. The third-order valence-electron chi connectivity index (χ3n) is 2.80. The first-order valence-corrected chi connectivity index (χ1v) is 5.59. The van der Waals surface area contributed by atoms with E-state index < -0.39 is 11.6 Å². The Hall–Kier alpha value is -1.49. The Labute approximate surface area is 98.2 Å². The zero-order valence-electron chi connectivity index (χ0n) is 9.30. The largest absolute Gasteiger partial charge is 0.352 e. The van der Waals surface area contributed by atoms with Gasteiger partial charge in [-0.1, -0.05) is 0 Å². The molecule has 1 aromatic rings. The maximum Gasteiger partial charge on any atom is 0.220 e. The molecular weight excluding hydrogens is 226 g/mol. The predicted molar refractivity (Wildman–Crippen MR) is 59.2 cm³/mol. The van der Waals surface area contributed by atoms with E-state index in [1.165, 1.54) is 6.07 Å². The molecule has 5 heteroatoms. The number of carbonyl (C=O) groups is 1. The highest BCUT2D eigenvalue weighted by atomic mass is 19.1. The van der Waals surface area contributed by atoms with Gasteiger partial charge in [-0.25, -0.2) is 8.78 Å². The van der Waals surface area contributed by atoms with Crippen molar-refractivity contribution in [3.8, 4) is 0 Å². The summed E-state index contributed by atoms with van der Waals surface area (Å²) >= 11 is 0. The fourth-order valence-electron chi connectivity index (χ4n) is 1.89. The maximum absolute atomic E-state index is 13.3. The first kappa shape index (κ1) is 12.0. The lowest BCUT2D eigenvalue weighted by Gasteiger charge is -2.11. The lowest BCUT2D eigenvalue weighted by molar-refractivity contribution is -0.119. The molecule has 0 aromatic heterocycles. The molecule has 3 nitrogen and oxygen atoms in total. The van der Waals surface area contributed by atoms with Crippen molar-refractivity contribution in [2.75, 3.05) is 6.54 Å². The zero-order valence-corrected chi connectivity index (χ0v) is 9.30. The Morgan fingerprint density at radius 1 is 1.41 bits per heavy atom. The van der Waals surface area contributed by atoms with Crippen LogP contribution in [0, 0.1) is 11.6 Å². The van der Waals surface area contributed by atoms with Crippen molar-refractivity contribution in [1.29, 1.82) is 0 Å². The molecule has 0 radical (unpaired) electrons. The van der Waals surface area contributed by atoms with Crippen LogP contribution in [0.15, 0.2) is 18.2 Å². The zero-order chi connectivity index (χ0) is 12.3. The second-order valence-electron chi connectivity index (χ2n) is 4.17. The highest BCUT2D eigenvalue weighted by Gasteiger charge is 2.19. The van der Waals surface area contributed by atoms with Crippen molar-refractivity contribution in [3.63, 3.8) is 0 Å². The van der Waals surface area contributed by atoms with E-state index in [1.54, 1.807) is 0 Å². The van der Waals surface area contributed by atoms with Crippen molar-refractivity contribution in [2.24, 2.45) is 0 Å². The normalized spacial score (nSPS) is 19.4. The lowest BCUT2D eigenvalue weighted by Crippen LogP contribution is -2.35. The summed E-state index contributed by atoms with van der Waals surface area (Å²) in [5.74, 6) is -0.819. The number of rotatable bonds is 4. The molecule has 0 aliphatic carbocycles. The van der Waals surface area contributed by atoms with E-state index in [2.05, 4.69) is 10.6 Å². The Kier molecular flexibility index (Phi) is 3.68. The summed E-state index contributed by atoms with van der Waals surface area (Å²) in [6, 6.07) is 3.48. The van der Waals surface area contributed by atoms with Gasteiger partial charge in [-0.2, -0.15) is 0 Å². The summed E-state index contributed by atoms with van der Waals surface area (Å²) < 4.78 is 26.1. The van der Waals surface area contributed by atoms with E-state index in [4.69, 9.17) is 0 Å². The molecule has 1 unspecified atom stereocenters. The van der Waals surface area contributed by atoms with Gasteiger partial charge in [0.1, 0.15) is 11.6 Å². The number of halogens is 2. The minimum absolute atomic E-state index is 0.0498. The van der Waals surface area contributed by atoms with Crippen molar-refractivity contribution >= 4 is 5.91 Å². The lowest BCUT2D eigenvalue weighted by atomic mass is 10.2. The summed E-state index contributed by atoms with van der Waals surface area (Å²) in [6.07, 6.45) is 1.33. The van der Waals surface area contributed by atoms with Gasteiger partial charge >= 0.3 is 0 Å². The summed E-state index contributed by atoms with van der Waals surface area (Å²) in [7, 11) is 0. The maximum atomic E-state index is 13.3. The van der Waals surface area contributed by atoms with Gasteiger partial charge in [-0.15, -0.1) is 0 Å². The number of hydrogen-bond donors (Lipinski definition) is 2. The van der Waals surface area contributed by atoms with Gasteiger partial charge in [0.25, 0.3) is 0 Å². The molecule has 2 rings (SSSR count). The van der Waals surface area contributed by atoms with Crippen molar-refractivity contribution < 1.29 is 13.6 Å². The minimum atomic E-state index is -0.447. The average Bonchev–Trinajstić information content (AvgIpc) is 2.69. The van der Waals surface area contributed by atoms with E-state index in [0.717, 1.165) is 18.6 Å². The molecule has 1 fully saturated rings. The standard InChI is InChI=1S/C12H14F2N2O/c13-9-1-3-11(14)8(5-9)6-15-7-10-2-4-12(17)16-10/h1,3,5,10,15H,2,4,6-7H2,(H,16,17). The van der Waals surface area contributed by atoms with Crippen LogP contribution in [-0.4, -0.2) is 18.5 Å². The van der Waals surface area contributed by atoms with Crippen LogP contribution in [-0.2, 0) is 11.3 Å². The van der Waals surface area contributed by atoms with Crippen LogP contribution in [0.1, 0.15) is 18.4 Å². The number of nitrogens with one attached hydrogen (secondary N) is 2. The third-order valence-corrected chi connectivity index (χ3v) is 2.80. The molecule has 1 heterocycles. The minimum Gasteiger partial charge on any atom is -0.352 e. The summed E-state index contributed by atoms with van der Waals surface area (Å²) in [6.45, 7) is 0.831. The highest BCUT2D eigenvalue weighted by molar-refractivity contribution is 5.78. The monoisotopic (exact) mass is 240 g/mol. The SMILES string of the molecule is O=C1CCC(CNCc2cc(F)ccc2F)N1. The third kappa shape index (κ3) is 3.23. The molecule has 1 atom stereocenters. The average molecular weight is 240 g/mol. The quantitative estimate of drug-likeness (QED) is 0.833. The Balaban J connectivity index is 1.81. The number of amides is 1. The molecule has 1 amide bonds. The van der Waals surface area contributed by atoms with Gasteiger partial charge < -0.3 is 10.6 Å². The van der Waals surface area contributed by atoms with E-state index in [1.807, 2.05) is 0 Å². The molecule has 92 valence electrons. The van der Waals surface area contributed by atoms with E-state index in [9.17, 15) is 13.6 Å². The van der Waals surface area contributed by atoms with Gasteiger partial charge in [0.15, 0.2) is 0 Å². The number of benzene rings is 1. The van der Waals surface area contributed by atoms with E-state index in [0.29, 0.717) is 18.5 Å². The van der Waals surface area contributed by atoms with Gasteiger partial charge in [-0.05, 0) is 24.6 Å². The van der Waals surface area contributed by atoms with E-state index in [-0.39, 0.29) is 18.5 Å². The molecule has 0 bridgehead atoms.